The predicted octanol–water partition coefficient (Wildman–Crippen LogP) is 0.799. The smallest absolute Gasteiger partial charge is 0.286 e. The molecule has 5 saturated heterocycles. The van der Waals surface area contributed by atoms with Gasteiger partial charge in [-0.1, -0.05) is 44.9 Å². The van der Waals surface area contributed by atoms with E-state index in [-0.39, 0.29) is 82.4 Å². The zero-order valence-electron chi connectivity index (χ0n) is 27.3. The summed E-state index contributed by atoms with van der Waals surface area (Å²) in [6.45, 7) is 0. The van der Waals surface area contributed by atoms with Gasteiger partial charge in [-0.15, -0.1) is 0 Å². The van der Waals surface area contributed by atoms with Crippen LogP contribution in [0.15, 0.2) is 0 Å². The molecule has 9 aliphatic rings. The minimum Gasteiger partial charge on any atom is -0.286 e. The van der Waals surface area contributed by atoms with E-state index in [1.165, 1.54) is 77.0 Å². The van der Waals surface area contributed by atoms with Gasteiger partial charge in [-0.2, -0.15) is 8.42 Å². The standard InChI is InChI=1S/C32H57N9O3S.2Co/c33-45(42,43)44-23-15-7-14-22-24(23)32-40-30-21-13-6-5-12-20(21)28(38-30)36-26-17-9-2-1-8-16(17)25(34-26)35-27-18-10-3-4-11-19(18)29(37-27)39-31(22)41-32;;/h16-32,34-41H,1-15H2,(H2,33,42,43);;. The van der Waals surface area contributed by atoms with Crippen LogP contribution in [-0.4, -0.2) is 63.8 Å². The number of rotatable bonds is 2. The Balaban J connectivity index is 0.00000176. The average Bonchev–Trinajstić information content (AvgIpc) is 3.76. The van der Waals surface area contributed by atoms with Gasteiger partial charge in [-0.25, -0.2) is 5.14 Å². The molecule has 17 unspecified atom stereocenters. The first-order valence-electron chi connectivity index (χ1n) is 18.7. The maximum absolute atomic E-state index is 12.3. The SMILES string of the molecule is NS(=O)(=O)OC1CCCC2C3NC4NC(NC5NC(NC6NC(NC(N3)C12)C1CCCCC61)C1CCCCC51)C1CCCCC41.[Co].[Co]. The van der Waals surface area contributed by atoms with E-state index < -0.39 is 16.4 Å². The van der Waals surface area contributed by atoms with E-state index in [1.54, 1.807) is 0 Å². The second-order valence-corrected chi connectivity index (χ2v) is 17.5. The molecule has 8 bridgehead atoms. The normalized spacial score (nSPS) is 52.2. The Morgan fingerprint density at radius 3 is 1.00 bits per heavy atom. The number of hydrogen-bond donors (Lipinski definition) is 9. The van der Waals surface area contributed by atoms with Crippen LogP contribution in [0.25, 0.3) is 0 Å². The molecular formula is C32H57Co2N9O3S. The number of hydrogen-bond acceptors (Lipinski definition) is 11. The Bertz CT molecular complexity index is 1210. The zero-order chi connectivity index (χ0) is 30.3. The van der Waals surface area contributed by atoms with E-state index in [0.29, 0.717) is 54.3 Å². The van der Waals surface area contributed by atoms with Crippen molar-refractivity contribution in [3.63, 3.8) is 0 Å². The van der Waals surface area contributed by atoms with Crippen molar-refractivity contribution in [2.45, 2.75) is 152 Å². The molecule has 5 heterocycles. The third kappa shape index (κ3) is 6.81. The van der Waals surface area contributed by atoms with Crippen LogP contribution in [0, 0.1) is 47.3 Å². The van der Waals surface area contributed by atoms with Crippen LogP contribution in [0.4, 0.5) is 0 Å². The van der Waals surface area contributed by atoms with Gasteiger partial charge in [0.25, 0.3) is 0 Å². The first kappa shape index (κ1) is 35.9. The average molecular weight is 766 g/mol. The summed E-state index contributed by atoms with van der Waals surface area (Å²) in [6, 6.07) is 0. The Hall–Kier alpha value is 0.563. The second-order valence-electron chi connectivity index (χ2n) is 16.3. The van der Waals surface area contributed by atoms with Crippen LogP contribution in [0.1, 0.15) is 96.3 Å². The molecule has 47 heavy (non-hydrogen) atoms. The molecular weight excluding hydrogens is 708 g/mol. The Morgan fingerprint density at radius 2 is 0.681 bits per heavy atom. The molecule has 9 fully saturated rings. The molecule has 15 heteroatoms. The first-order valence-corrected chi connectivity index (χ1v) is 20.2. The largest absolute Gasteiger partial charge is 0.333 e. The molecule has 4 saturated carbocycles. The van der Waals surface area contributed by atoms with E-state index in [9.17, 15) is 8.42 Å². The molecule has 9 rings (SSSR count). The van der Waals surface area contributed by atoms with Crippen molar-refractivity contribution >= 4 is 10.3 Å². The summed E-state index contributed by atoms with van der Waals surface area (Å²) in [5.41, 5.74) is 0. The van der Waals surface area contributed by atoms with Crippen LogP contribution in [-0.2, 0) is 48.0 Å². The summed E-state index contributed by atoms with van der Waals surface area (Å²) in [4.78, 5) is 0. The van der Waals surface area contributed by atoms with E-state index in [4.69, 9.17) is 9.32 Å². The second kappa shape index (κ2) is 14.5. The summed E-state index contributed by atoms with van der Waals surface area (Å²) in [5, 5.41) is 38.3. The quantitative estimate of drug-likeness (QED) is 0.196. The fourth-order valence-electron chi connectivity index (χ4n) is 12.3. The van der Waals surface area contributed by atoms with Crippen molar-refractivity contribution in [3.05, 3.63) is 0 Å². The topological polar surface area (TPSA) is 166 Å². The summed E-state index contributed by atoms with van der Waals surface area (Å²) in [5.74, 6) is 3.90. The van der Waals surface area contributed by atoms with Gasteiger partial charge in [0, 0.05) is 39.5 Å². The molecule has 272 valence electrons. The Kier molecular flexibility index (Phi) is 11.1. The molecule has 0 aromatic heterocycles. The number of nitrogens with one attached hydrogen (secondary N) is 8. The third-order valence-corrected chi connectivity index (χ3v) is 14.6. The van der Waals surface area contributed by atoms with E-state index in [1.807, 2.05) is 0 Å². The van der Waals surface area contributed by atoms with Crippen molar-refractivity contribution in [1.29, 1.82) is 0 Å². The van der Waals surface area contributed by atoms with Gasteiger partial charge in [-0.3, -0.25) is 46.7 Å². The van der Waals surface area contributed by atoms with Crippen LogP contribution >= 0.6 is 0 Å². The molecule has 2 radical (unpaired) electrons. The van der Waals surface area contributed by atoms with Crippen LogP contribution in [0.5, 0.6) is 0 Å². The fourth-order valence-corrected chi connectivity index (χ4v) is 12.9. The van der Waals surface area contributed by atoms with Crippen molar-refractivity contribution in [2.75, 3.05) is 0 Å². The third-order valence-electron chi connectivity index (χ3n) is 14.1. The Labute approximate surface area is 301 Å². The summed E-state index contributed by atoms with van der Waals surface area (Å²) >= 11 is 0. The van der Waals surface area contributed by atoms with Crippen molar-refractivity contribution in [3.8, 4) is 0 Å². The molecule has 5 aliphatic heterocycles. The van der Waals surface area contributed by atoms with Gasteiger partial charge >= 0.3 is 10.3 Å². The van der Waals surface area contributed by atoms with Gasteiger partial charge in [0.2, 0.25) is 0 Å². The minimum atomic E-state index is -4.05. The van der Waals surface area contributed by atoms with Gasteiger partial charge in [-0.05, 0) is 92.8 Å². The summed E-state index contributed by atoms with van der Waals surface area (Å²) in [7, 11) is -4.05. The predicted molar refractivity (Wildman–Crippen MR) is 171 cm³/mol. The molecule has 0 spiro atoms. The van der Waals surface area contributed by atoms with Gasteiger partial charge in [0.05, 0.1) is 55.4 Å². The fraction of sp³-hybridized carbons (Fsp3) is 1.00. The van der Waals surface area contributed by atoms with E-state index in [0.717, 1.165) is 12.8 Å². The van der Waals surface area contributed by atoms with Gasteiger partial charge in [0.15, 0.2) is 0 Å². The molecule has 0 amide bonds. The number of nitrogens with two attached hydrogens (primary N) is 1. The maximum atomic E-state index is 12.3. The van der Waals surface area contributed by atoms with Crippen LogP contribution < -0.4 is 47.7 Å². The monoisotopic (exact) mass is 765 g/mol. The van der Waals surface area contributed by atoms with Gasteiger partial charge in [0.1, 0.15) is 0 Å². The van der Waals surface area contributed by atoms with Gasteiger partial charge < -0.3 is 0 Å². The minimum absolute atomic E-state index is 0. The van der Waals surface area contributed by atoms with E-state index in [2.05, 4.69) is 42.5 Å². The first-order chi connectivity index (χ1) is 21.9. The van der Waals surface area contributed by atoms with Crippen molar-refractivity contribution in [2.24, 2.45) is 52.5 Å². The number of fused-ring (bicyclic) bond motifs is 20. The molecule has 4 aliphatic carbocycles. The molecule has 10 N–H and O–H groups in total. The Morgan fingerprint density at radius 1 is 0.404 bits per heavy atom. The van der Waals surface area contributed by atoms with Crippen LogP contribution in [0.2, 0.25) is 0 Å². The summed E-state index contributed by atoms with van der Waals surface area (Å²) in [6.07, 6.45) is 19.3. The van der Waals surface area contributed by atoms with Crippen molar-refractivity contribution < 1.29 is 46.2 Å². The zero-order valence-corrected chi connectivity index (χ0v) is 30.2. The maximum Gasteiger partial charge on any atom is 0.333 e. The molecule has 17 atom stereocenters. The van der Waals surface area contributed by atoms with Crippen LogP contribution in [0.3, 0.4) is 0 Å². The molecule has 12 nitrogen and oxygen atoms in total. The molecule has 0 aromatic carbocycles. The molecule has 0 aromatic rings. The summed E-state index contributed by atoms with van der Waals surface area (Å²) < 4.78 is 30.2. The van der Waals surface area contributed by atoms with E-state index >= 15 is 0 Å². The van der Waals surface area contributed by atoms with Crippen molar-refractivity contribution in [1.82, 2.24) is 42.5 Å².